The quantitative estimate of drug-likeness (QED) is 0.871. The lowest BCUT2D eigenvalue weighted by molar-refractivity contribution is 0.785. The topological polar surface area (TPSA) is 41.9 Å². The van der Waals surface area contributed by atoms with Crippen molar-refractivity contribution in [3.8, 4) is 0 Å². The molecule has 0 radical (unpaired) electrons. The standard InChI is InChI=1S/C13H15BrN4/c1-3-18(13-12(14)7-15-9-16-13)8-11-6-4-5-10(2)17-11/h4-7,9H,3,8H2,1-2H3. The van der Waals surface area contributed by atoms with Gasteiger partial charge in [-0.15, -0.1) is 0 Å². The molecule has 0 unspecified atom stereocenters. The Morgan fingerprint density at radius 2 is 2.17 bits per heavy atom. The average molecular weight is 307 g/mol. The van der Waals surface area contributed by atoms with Gasteiger partial charge in [0.1, 0.15) is 12.1 Å². The van der Waals surface area contributed by atoms with Crippen molar-refractivity contribution >= 4 is 21.7 Å². The lowest BCUT2D eigenvalue weighted by Gasteiger charge is -2.22. The van der Waals surface area contributed by atoms with E-state index in [2.05, 4.69) is 42.7 Å². The molecule has 0 N–H and O–H groups in total. The number of pyridine rings is 1. The highest BCUT2D eigenvalue weighted by molar-refractivity contribution is 9.10. The normalized spacial score (nSPS) is 10.4. The number of halogens is 1. The van der Waals surface area contributed by atoms with E-state index in [1.54, 1.807) is 12.5 Å². The van der Waals surface area contributed by atoms with Crippen LogP contribution in [-0.4, -0.2) is 21.5 Å². The number of hydrogen-bond donors (Lipinski definition) is 0. The maximum Gasteiger partial charge on any atom is 0.146 e. The van der Waals surface area contributed by atoms with Crippen LogP contribution in [0.15, 0.2) is 35.2 Å². The highest BCUT2D eigenvalue weighted by atomic mass is 79.9. The molecule has 0 bridgehead atoms. The van der Waals surface area contributed by atoms with Gasteiger partial charge in [0.05, 0.1) is 16.7 Å². The maximum atomic E-state index is 4.52. The minimum absolute atomic E-state index is 0.744. The summed E-state index contributed by atoms with van der Waals surface area (Å²) in [5, 5.41) is 0. The van der Waals surface area contributed by atoms with E-state index in [9.17, 15) is 0 Å². The first-order chi connectivity index (χ1) is 8.70. The zero-order chi connectivity index (χ0) is 13.0. The van der Waals surface area contributed by atoms with Crippen LogP contribution < -0.4 is 4.90 Å². The van der Waals surface area contributed by atoms with Crippen molar-refractivity contribution in [2.24, 2.45) is 0 Å². The van der Waals surface area contributed by atoms with Crippen LogP contribution in [0.3, 0.4) is 0 Å². The van der Waals surface area contributed by atoms with Crippen molar-refractivity contribution in [3.05, 3.63) is 46.6 Å². The molecule has 2 rings (SSSR count). The van der Waals surface area contributed by atoms with Gasteiger partial charge in [0.2, 0.25) is 0 Å². The van der Waals surface area contributed by atoms with Crippen LogP contribution in [0.4, 0.5) is 5.82 Å². The summed E-state index contributed by atoms with van der Waals surface area (Å²) >= 11 is 3.48. The summed E-state index contributed by atoms with van der Waals surface area (Å²) in [5.74, 6) is 0.899. The Bertz CT molecular complexity index is 530. The van der Waals surface area contributed by atoms with Gasteiger partial charge < -0.3 is 4.90 Å². The Labute approximate surface area is 115 Å². The summed E-state index contributed by atoms with van der Waals surface area (Å²) < 4.78 is 0.902. The van der Waals surface area contributed by atoms with Crippen LogP contribution in [-0.2, 0) is 6.54 Å². The molecule has 0 atom stereocenters. The fourth-order valence-electron chi connectivity index (χ4n) is 1.76. The predicted molar refractivity (Wildman–Crippen MR) is 75.4 cm³/mol. The van der Waals surface area contributed by atoms with Gasteiger partial charge in [-0.1, -0.05) is 6.07 Å². The largest absolute Gasteiger partial charge is 0.350 e. The van der Waals surface area contributed by atoms with Crippen LogP contribution >= 0.6 is 15.9 Å². The molecular formula is C13H15BrN4. The Morgan fingerprint density at radius 3 is 2.83 bits per heavy atom. The molecule has 0 saturated carbocycles. The molecule has 0 aromatic carbocycles. The van der Waals surface area contributed by atoms with Gasteiger partial charge in [-0.2, -0.15) is 0 Å². The zero-order valence-electron chi connectivity index (χ0n) is 10.5. The van der Waals surface area contributed by atoms with Gasteiger partial charge in [-0.05, 0) is 41.9 Å². The third-order valence-electron chi connectivity index (χ3n) is 2.63. The van der Waals surface area contributed by atoms with E-state index in [0.29, 0.717) is 0 Å². The second-order valence-corrected chi connectivity index (χ2v) is 4.83. The van der Waals surface area contributed by atoms with Crippen LogP contribution in [0.25, 0.3) is 0 Å². The maximum absolute atomic E-state index is 4.52. The molecule has 0 spiro atoms. The molecule has 2 aromatic heterocycles. The van der Waals surface area contributed by atoms with Gasteiger partial charge in [-0.3, -0.25) is 4.98 Å². The zero-order valence-corrected chi connectivity index (χ0v) is 12.1. The van der Waals surface area contributed by atoms with E-state index in [0.717, 1.165) is 34.8 Å². The summed E-state index contributed by atoms with van der Waals surface area (Å²) in [5.41, 5.74) is 2.08. The first kappa shape index (κ1) is 13.0. The third kappa shape index (κ3) is 3.04. The Hall–Kier alpha value is -1.49. The van der Waals surface area contributed by atoms with E-state index < -0.39 is 0 Å². The number of rotatable bonds is 4. The summed E-state index contributed by atoms with van der Waals surface area (Å²) in [6.45, 7) is 5.71. The van der Waals surface area contributed by atoms with Gasteiger partial charge in [0.15, 0.2) is 0 Å². The molecule has 5 heteroatoms. The smallest absolute Gasteiger partial charge is 0.146 e. The van der Waals surface area contributed by atoms with E-state index in [4.69, 9.17) is 0 Å². The first-order valence-electron chi connectivity index (χ1n) is 5.83. The minimum atomic E-state index is 0.744. The summed E-state index contributed by atoms with van der Waals surface area (Å²) in [4.78, 5) is 15.0. The van der Waals surface area contributed by atoms with Gasteiger partial charge >= 0.3 is 0 Å². The lowest BCUT2D eigenvalue weighted by Crippen LogP contribution is -2.24. The first-order valence-corrected chi connectivity index (χ1v) is 6.63. The highest BCUT2D eigenvalue weighted by Crippen LogP contribution is 2.23. The number of aromatic nitrogens is 3. The highest BCUT2D eigenvalue weighted by Gasteiger charge is 2.11. The van der Waals surface area contributed by atoms with E-state index in [-0.39, 0.29) is 0 Å². The number of nitrogens with zero attached hydrogens (tertiary/aromatic N) is 4. The molecule has 0 aliphatic carbocycles. The summed E-state index contributed by atoms with van der Waals surface area (Å²) in [7, 11) is 0. The summed E-state index contributed by atoms with van der Waals surface area (Å²) in [6, 6.07) is 6.06. The fraction of sp³-hybridized carbons (Fsp3) is 0.308. The Morgan fingerprint density at radius 1 is 1.33 bits per heavy atom. The molecule has 4 nitrogen and oxygen atoms in total. The number of anilines is 1. The van der Waals surface area contributed by atoms with Crippen LogP contribution in [0.5, 0.6) is 0 Å². The number of aryl methyl sites for hydroxylation is 1. The van der Waals surface area contributed by atoms with Gasteiger partial charge in [0.25, 0.3) is 0 Å². The van der Waals surface area contributed by atoms with Crippen molar-refractivity contribution < 1.29 is 0 Å². The number of hydrogen-bond acceptors (Lipinski definition) is 4. The fourth-order valence-corrected chi connectivity index (χ4v) is 2.23. The van der Waals surface area contributed by atoms with E-state index in [1.165, 1.54) is 0 Å². The molecule has 0 amide bonds. The van der Waals surface area contributed by atoms with Gasteiger partial charge in [-0.25, -0.2) is 9.97 Å². The van der Waals surface area contributed by atoms with Crippen molar-refractivity contribution in [1.82, 2.24) is 15.0 Å². The van der Waals surface area contributed by atoms with E-state index in [1.807, 2.05) is 25.1 Å². The van der Waals surface area contributed by atoms with Gasteiger partial charge in [0, 0.05) is 18.4 Å². The second-order valence-electron chi connectivity index (χ2n) is 3.98. The minimum Gasteiger partial charge on any atom is -0.350 e. The second kappa shape index (κ2) is 5.91. The molecular weight excluding hydrogens is 292 g/mol. The molecule has 0 aliphatic heterocycles. The average Bonchev–Trinajstić information content (AvgIpc) is 2.37. The predicted octanol–water partition coefficient (Wildman–Crippen LogP) is 2.97. The van der Waals surface area contributed by atoms with Crippen molar-refractivity contribution in [2.45, 2.75) is 20.4 Å². The van der Waals surface area contributed by atoms with Crippen LogP contribution in [0.1, 0.15) is 18.3 Å². The molecule has 2 heterocycles. The molecule has 0 fully saturated rings. The third-order valence-corrected chi connectivity index (χ3v) is 3.19. The molecule has 18 heavy (non-hydrogen) atoms. The Kier molecular flexibility index (Phi) is 4.25. The van der Waals surface area contributed by atoms with Crippen LogP contribution in [0.2, 0.25) is 0 Å². The molecule has 0 aliphatic rings. The molecule has 0 saturated heterocycles. The van der Waals surface area contributed by atoms with Crippen LogP contribution in [0, 0.1) is 6.92 Å². The molecule has 94 valence electrons. The van der Waals surface area contributed by atoms with E-state index >= 15 is 0 Å². The Balaban J connectivity index is 2.23. The molecule has 2 aromatic rings. The summed E-state index contributed by atoms with van der Waals surface area (Å²) in [6.07, 6.45) is 3.32. The van der Waals surface area contributed by atoms with Crippen molar-refractivity contribution in [1.29, 1.82) is 0 Å². The van der Waals surface area contributed by atoms with Crippen molar-refractivity contribution in [2.75, 3.05) is 11.4 Å². The van der Waals surface area contributed by atoms with Crippen molar-refractivity contribution in [3.63, 3.8) is 0 Å². The monoisotopic (exact) mass is 306 g/mol. The lowest BCUT2D eigenvalue weighted by atomic mass is 10.3. The SMILES string of the molecule is CCN(Cc1cccc(C)n1)c1ncncc1Br.